The number of primary amides is 1. The van der Waals surface area contributed by atoms with Crippen molar-refractivity contribution in [2.45, 2.75) is 38.8 Å². The van der Waals surface area contributed by atoms with E-state index in [2.05, 4.69) is 79.4 Å². The lowest BCUT2D eigenvalue weighted by Crippen LogP contribution is -2.58. The molecule has 4 heteroatoms. The van der Waals surface area contributed by atoms with Crippen molar-refractivity contribution in [3.63, 3.8) is 0 Å². The minimum absolute atomic E-state index is 0.227. The molecular weight excluding hydrogens is 370 g/mol. The third kappa shape index (κ3) is 4.18. The maximum absolute atomic E-state index is 12.0. The zero-order valence-electron chi connectivity index (χ0n) is 17.7. The van der Waals surface area contributed by atoms with Gasteiger partial charge >= 0.3 is 6.03 Å². The molecule has 1 aliphatic rings. The molecule has 3 aromatic rings. The molecule has 2 N–H and O–H groups in total. The van der Waals surface area contributed by atoms with Gasteiger partial charge in [0.2, 0.25) is 0 Å². The number of rotatable bonds is 5. The highest BCUT2D eigenvalue weighted by atomic mass is 16.2. The van der Waals surface area contributed by atoms with Crippen molar-refractivity contribution in [3.8, 4) is 0 Å². The quantitative estimate of drug-likeness (QED) is 0.644. The topological polar surface area (TPSA) is 49.6 Å². The molecule has 0 radical (unpaired) electrons. The molecule has 1 aliphatic heterocycles. The van der Waals surface area contributed by atoms with Crippen LogP contribution in [-0.4, -0.2) is 18.1 Å². The van der Waals surface area contributed by atoms with Crippen LogP contribution in [0.4, 0.5) is 16.2 Å². The summed E-state index contributed by atoms with van der Waals surface area (Å²) < 4.78 is 0. The Balaban J connectivity index is 1.51. The lowest BCUT2D eigenvalue weighted by Gasteiger charge is -2.48. The minimum atomic E-state index is -0.405. The molecule has 2 amide bonds. The first-order valence-corrected chi connectivity index (χ1v) is 10.5. The number of para-hydroxylation sites is 2. The van der Waals surface area contributed by atoms with Gasteiger partial charge < -0.3 is 10.6 Å². The molecular formula is C26H29N3O. The molecule has 30 heavy (non-hydrogen) atoms. The van der Waals surface area contributed by atoms with Crippen LogP contribution in [0.3, 0.4) is 0 Å². The highest BCUT2D eigenvalue weighted by Crippen LogP contribution is 2.40. The van der Waals surface area contributed by atoms with E-state index in [0.717, 1.165) is 30.8 Å². The van der Waals surface area contributed by atoms with Crippen molar-refractivity contribution in [1.29, 1.82) is 0 Å². The van der Waals surface area contributed by atoms with Crippen molar-refractivity contribution < 1.29 is 4.79 Å². The van der Waals surface area contributed by atoms with Gasteiger partial charge in [-0.25, -0.2) is 4.79 Å². The third-order valence-electron chi connectivity index (χ3n) is 5.91. The van der Waals surface area contributed by atoms with Gasteiger partial charge in [-0.3, -0.25) is 4.90 Å². The number of benzene rings is 3. The summed E-state index contributed by atoms with van der Waals surface area (Å²) in [4.78, 5) is 16.1. The molecule has 3 aromatic carbocycles. The van der Waals surface area contributed by atoms with E-state index in [1.807, 2.05) is 18.2 Å². The Kier molecular flexibility index (Phi) is 5.49. The minimum Gasteiger partial charge on any atom is -0.359 e. The lowest BCUT2D eigenvalue weighted by atomic mass is 9.94. The highest BCUT2D eigenvalue weighted by molar-refractivity contribution is 5.96. The molecule has 0 aliphatic carbocycles. The van der Waals surface area contributed by atoms with Gasteiger partial charge in [0.05, 0.1) is 23.5 Å². The average molecular weight is 400 g/mol. The first-order valence-electron chi connectivity index (χ1n) is 10.5. The summed E-state index contributed by atoms with van der Waals surface area (Å²) in [5.74, 6) is 0. The van der Waals surface area contributed by atoms with Crippen LogP contribution in [0.5, 0.6) is 0 Å². The number of anilines is 2. The van der Waals surface area contributed by atoms with Crippen LogP contribution in [-0.2, 0) is 19.4 Å². The second-order valence-corrected chi connectivity index (χ2v) is 8.61. The molecule has 4 nitrogen and oxygen atoms in total. The van der Waals surface area contributed by atoms with E-state index in [0.29, 0.717) is 6.54 Å². The fourth-order valence-corrected chi connectivity index (χ4v) is 4.23. The van der Waals surface area contributed by atoms with Gasteiger partial charge in [0.1, 0.15) is 0 Å². The second kappa shape index (κ2) is 8.23. The predicted octanol–water partition coefficient (Wildman–Crippen LogP) is 5.16. The Bertz CT molecular complexity index is 1010. The molecule has 0 fully saturated rings. The van der Waals surface area contributed by atoms with Gasteiger partial charge in [-0.05, 0) is 55.5 Å². The largest absolute Gasteiger partial charge is 0.359 e. The van der Waals surface area contributed by atoms with Crippen LogP contribution in [0.2, 0.25) is 0 Å². The number of nitrogens with zero attached hydrogens (tertiary/aromatic N) is 2. The van der Waals surface area contributed by atoms with E-state index in [9.17, 15) is 4.79 Å². The number of fused-ring (bicyclic) bond motifs is 1. The zero-order chi connectivity index (χ0) is 21.1. The molecule has 1 heterocycles. The summed E-state index contributed by atoms with van der Waals surface area (Å²) in [5, 5.41) is 0. The second-order valence-electron chi connectivity index (χ2n) is 8.61. The first kappa shape index (κ1) is 20.0. The molecule has 0 saturated carbocycles. The van der Waals surface area contributed by atoms with E-state index in [1.165, 1.54) is 16.7 Å². The molecule has 0 unspecified atom stereocenters. The van der Waals surface area contributed by atoms with Crippen LogP contribution in [0.15, 0.2) is 78.9 Å². The Morgan fingerprint density at radius 3 is 1.97 bits per heavy atom. The SMILES string of the molecule is CC1(C)CN(C(N)=O)c2ccccc2N1Cc1ccc(CCc2ccccc2)cc1. The molecule has 0 atom stereocenters. The molecule has 4 rings (SSSR count). The average Bonchev–Trinajstić information content (AvgIpc) is 2.75. The number of carbonyl (C=O) groups is 1. The fraction of sp³-hybridized carbons (Fsp3) is 0.269. The summed E-state index contributed by atoms with van der Waals surface area (Å²) >= 11 is 0. The van der Waals surface area contributed by atoms with E-state index in [-0.39, 0.29) is 5.54 Å². The predicted molar refractivity (Wildman–Crippen MR) is 124 cm³/mol. The smallest absolute Gasteiger partial charge is 0.319 e. The molecule has 154 valence electrons. The number of aryl methyl sites for hydroxylation is 2. The number of carbonyl (C=O) groups excluding carboxylic acids is 1. The molecule has 0 bridgehead atoms. The maximum atomic E-state index is 12.0. The van der Waals surface area contributed by atoms with Crippen LogP contribution < -0.4 is 15.5 Å². The van der Waals surface area contributed by atoms with Gasteiger partial charge in [-0.15, -0.1) is 0 Å². The zero-order valence-corrected chi connectivity index (χ0v) is 17.7. The molecule has 0 saturated heterocycles. The highest BCUT2D eigenvalue weighted by Gasteiger charge is 2.38. The Labute approximate surface area is 178 Å². The summed E-state index contributed by atoms with van der Waals surface area (Å²) in [6, 6.07) is 27.1. The number of hydrogen-bond donors (Lipinski definition) is 1. The number of urea groups is 1. The van der Waals surface area contributed by atoms with Crippen LogP contribution >= 0.6 is 0 Å². The summed E-state index contributed by atoms with van der Waals surface area (Å²) in [6.45, 7) is 5.67. The van der Waals surface area contributed by atoms with E-state index in [4.69, 9.17) is 5.73 Å². The van der Waals surface area contributed by atoms with E-state index in [1.54, 1.807) is 4.90 Å². The number of nitrogens with two attached hydrogens (primary N) is 1. The van der Waals surface area contributed by atoms with Gasteiger partial charge in [0.25, 0.3) is 0 Å². The van der Waals surface area contributed by atoms with Gasteiger partial charge in [-0.1, -0.05) is 66.7 Å². The molecule has 0 spiro atoms. The van der Waals surface area contributed by atoms with Crippen LogP contribution in [0, 0.1) is 0 Å². The number of amides is 2. The lowest BCUT2D eigenvalue weighted by molar-refractivity contribution is 0.251. The van der Waals surface area contributed by atoms with Crippen LogP contribution in [0.25, 0.3) is 0 Å². The Morgan fingerprint density at radius 1 is 0.800 bits per heavy atom. The van der Waals surface area contributed by atoms with Crippen molar-refractivity contribution in [2.24, 2.45) is 5.73 Å². The van der Waals surface area contributed by atoms with E-state index >= 15 is 0 Å². The number of hydrogen-bond acceptors (Lipinski definition) is 2. The van der Waals surface area contributed by atoms with Crippen molar-refractivity contribution >= 4 is 17.4 Å². The fourth-order valence-electron chi connectivity index (χ4n) is 4.23. The van der Waals surface area contributed by atoms with Crippen molar-refractivity contribution in [1.82, 2.24) is 0 Å². The monoisotopic (exact) mass is 399 g/mol. The van der Waals surface area contributed by atoms with Crippen molar-refractivity contribution in [2.75, 3.05) is 16.3 Å². The standard InChI is InChI=1S/C26H29N3O/c1-26(2)19-28(25(27)30)23-10-6-7-11-24(23)29(26)18-22-16-14-21(15-17-22)13-12-20-8-4-3-5-9-20/h3-11,14-17H,12-13,18-19H2,1-2H3,(H2,27,30). The summed E-state index contributed by atoms with van der Waals surface area (Å²) in [5.41, 5.74) is 11.3. The summed E-state index contributed by atoms with van der Waals surface area (Å²) in [6.07, 6.45) is 2.09. The first-order chi connectivity index (χ1) is 14.4. The van der Waals surface area contributed by atoms with Crippen molar-refractivity contribution in [3.05, 3.63) is 95.6 Å². The Hall–Kier alpha value is -3.27. The summed E-state index contributed by atoms with van der Waals surface area (Å²) in [7, 11) is 0. The maximum Gasteiger partial charge on any atom is 0.319 e. The molecule has 0 aromatic heterocycles. The van der Waals surface area contributed by atoms with Gasteiger partial charge in [0, 0.05) is 6.54 Å². The van der Waals surface area contributed by atoms with Gasteiger partial charge in [-0.2, -0.15) is 0 Å². The van der Waals surface area contributed by atoms with Crippen LogP contribution in [0.1, 0.15) is 30.5 Å². The van der Waals surface area contributed by atoms with E-state index < -0.39 is 6.03 Å². The normalized spacial score (nSPS) is 15.0. The van der Waals surface area contributed by atoms with Gasteiger partial charge in [0.15, 0.2) is 0 Å². The Morgan fingerprint density at radius 2 is 1.33 bits per heavy atom. The third-order valence-corrected chi connectivity index (χ3v) is 5.91.